The van der Waals surface area contributed by atoms with Crippen molar-refractivity contribution in [1.29, 1.82) is 0 Å². The van der Waals surface area contributed by atoms with Crippen molar-refractivity contribution in [1.82, 2.24) is 4.57 Å². The van der Waals surface area contributed by atoms with Gasteiger partial charge in [0.15, 0.2) is 6.20 Å². The van der Waals surface area contributed by atoms with Crippen LogP contribution in [0.2, 0.25) is 0 Å². The summed E-state index contributed by atoms with van der Waals surface area (Å²) in [6, 6.07) is 35.2. The molecular weight excluding hydrogens is 432 g/mol. The molecule has 0 aliphatic heterocycles. The molecule has 0 unspecified atom stereocenters. The lowest BCUT2D eigenvalue weighted by Gasteiger charge is -2.09. The van der Waals surface area contributed by atoms with E-state index >= 15 is 0 Å². The number of thiophene rings is 1. The summed E-state index contributed by atoms with van der Waals surface area (Å²) in [5.74, 6) is 0. The minimum Gasteiger partial charge on any atom is -0.308 e. The van der Waals surface area contributed by atoms with Gasteiger partial charge >= 0.3 is 0 Å². The molecule has 7 aromatic rings. The van der Waals surface area contributed by atoms with Crippen LogP contribution in [0.3, 0.4) is 0 Å². The van der Waals surface area contributed by atoms with Gasteiger partial charge in [0.2, 0.25) is 5.69 Å². The van der Waals surface area contributed by atoms with E-state index in [0.717, 1.165) is 0 Å². The van der Waals surface area contributed by atoms with E-state index in [-0.39, 0.29) is 0 Å². The molecule has 3 aromatic heterocycles. The molecule has 0 spiro atoms. The van der Waals surface area contributed by atoms with Crippen LogP contribution in [0.1, 0.15) is 5.56 Å². The quantitative estimate of drug-likeness (QED) is 0.234. The molecule has 2 nitrogen and oxygen atoms in total. The van der Waals surface area contributed by atoms with Crippen LogP contribution in [0.15, 0.2) is 103 Å². The Hall–Kier alpha value is -3.95. The highest BCUT2D eigenvalue weighted by Crippen LogP contribution is 2.43. The number of aryl methyl sites for hydroxylation is 2. The van der Waals surface area contributed by atoms with E-state index in [1.54, 1.807) is 0 Å². The maximum absolute atomic E-state index is 2.44. The maximum atomic E-state index is 2.44. The molecule has 0 bridgehead atoms. The van der Waals surface area contributed by atoms with Crippen molar-refractivity contribution in [2.45, 2.75) is 6.92 Å². The first-order valence-electron chi connectivity index (χ1n) is 11.6. The van der Waals surface area contributed by atoms with E-state index in [1.165, 1.54) is 64.5 Å². The second-order valence-corrected chi connectivity index (χ2v) is 10.0. The third kappa shape index (κ3) is 2.65. The molecule has 4 aromatic carbocycles. The Labute approximate surface area is 201 Å². The molecule has 0 N–H and O–H groups in total. The first-order valence-corrected chi connectivity index (χ1v) is 12.4. The van der Waals surface area contributed by atoms with Crippen molar-refractivity contribution in [3.8, 4) is 16.9 Å². The van der Waals surface area contributed by atoms with Gasteiger partial charge in [0.05, 0.1) is 26.8 Å². The number of nitrogens with zero attached hydrogens (tertiary/aromatic N) is 2. The summed E-state index contributed by atoms with van der Waals surface area (Å²) < 4.78 is 7.35. The monoisotopic (exact) mass is 455 g/mol. The van der Waals surface area contributed by atoms with E-state index in [2.05, 4.69) is 126 Å². The zero-order chi connectivity index (χ0) is 22.8. The lowest BCUT2D eigenvalue weighted by molar-refractivity contribution is -0.659. The number of aromatic nitrogens is 2. The summed E-state index contributed by atoms with van der Waals surface area (Å²) in [6.45, 7) is 2.20. The Bertz CT molecular complexity index is 1830. The third-order valence-corrected chi connectivity index (χ3v) is 8.18. The highest BCUT2D eigenvalue weighted by Gasteiger charge is 2.23. The fraction of sp³-hybridized carbons (Fsp3) is 0.0645. The fourth-order valence-corrected chi connectivity index (χ4v) is 6.64. The standard InChI is InChI=1S/C31H23N2S/c1-20-10-3-4-11-21(20)30-29-24-14-9-17-27(31(24)34-28(29)18-19-32(30)2)33-25-15-7-5-12-22(25)23-13-6-8-16-26(23)33/h3-19H,1-2H3/q+1. The number of hydrogen-bond acceptors (Lipinski definition) is 1. The number of rotatable bonds is 2. The van der Waals surface area contributed by atoms with Gasteiger partial charge in [-0.2, -0.15) is 0 Å². The second kappa shape index (κ2) is 7.28. The van der Waals surface area contributed by atoms with Gasteiger partial charge in [0.25, 0.3) is 0 Å². The Morgan fingerprint density at radius 3 is 2.06 bits per heavy atom. The minimum absolute atomic E-state index is 1.24. The molecule has 0 amide bonds. The Morgan fingerprint density at radius 2 is 1.32 bits per heavy atom. The molecule has 3 heteroatoms. The van der Waals surface area contributed by atoms with Gasteiger partial charge in [-0.1, -0.05) is 66.7 Å². The van der Waals surface area contributed by atoms with Crippen LogP contribution < -0.4 is 4.57 Å². The number of benzene rings is 4. The van der Waals surface area contributed by atoms with E-state index in [4.69, 9.17) is 0 Å². The molecule has 0 saturated carbocycles. The first-order chi connectivity index (χ1) is 16.7. The molecular formula is C31H23N2S+. The summed E-state index contributed by atoms with van der Waals surface area (Å²) in [4.78, 5) is 0. The number of para-hydroxylation sites is 2. The van der Waals surface area contributed by atoms with Crippen molar-refractivity contribution in [3.05, 3.63) is 109 Å². The number of hydrogen-bond donors (Lipinski definition) is 0. The van der Waals surface area contributed by atoms with Crippen LogP contribution >= 0.6 is 11.3 Å². The highest BCUT2D eigenvalue weighted by atomic mass is 32.1. The van der Waals surface area contributed by atoms with E-state index in [9.17, 15) is 0 Å². The number of pyridine rings is 1. The van der Waals surface area contributed by atoms with Gasteiger partial charge in [-0.25, -0.2) is 4.57 Å². The maximum Gasteiger partial charge on any atom is 0.221 e. The molecule has 0 fully saturated rings. The molecule has 0 radical (unpaired) electrons. The fourth-order valence-electron chi connectivity index (χ4n) is 5.44. The molecule has 3 heterocycles. The van der Waals surface area contributed by atoms with E-state index < -0.39 is 0 Å². The molecule has 34 heavy (non-hydrogen) atoms. The normalized spacial score (nSPS) is 11.8. The first kappa shape index (κ1) is 19.5. The van der Waals surface area contributed by atoms with Gasteiger partial charge in [-0.3, -0.25) is 0 Å². The highest BCUT2D eigenvalue weighted by molar-refractivity contribution is 7.26. The van der Waals surface area contributed by atoms with Crippen LogP contribution in [0.5, 0.6) is 0 Å². The minimum atomic E-state index is 1.24. The van der Waals surface area contributed by atoms with Crippen LogP contribution in [0.4, 0.5) is 0 Å². The molecule has 0 saturated heterocycles. The summed E-state index contributed by atoms with van der Waals surface area (Å²) in [5.41, 5.74) is 7.61. The van der Waals surface area contributed by atoms with Gasteiger partial charge in [0, 0.05) is 32.5 Å². The smallest absolute Gasteiger partial charge is 0.221 e. The lowest BCUT2D eigenvalue weighted by Crippen LogP contribution is -2.30. The predicted octanol–water partition coefficient (Wildman–Crippen LogP) is 7.95. The average molecular weight is 456 g/mol. The zero-order valence-corrected chi connectivity index (χ0v) is 19.9. The van der Waals surface area contributed by atoms with Gasteiger partial charge < -0.3 is 4.57 Å². The molecule has 0 aliphatic rings. The van der Waals surface area contributed by atoms with Crippen LogP contribution in [-0.2, 0) is 7.05 Å². The zero-order valence-electron chi connectivity index (χ0n) is 19.1. The second-order valence-electron chi connectivity index (χ2n) is 8.96. The van der Waals surface area contributed by atoms with Gasteiger partial charge in [-0.05, 0) is 36.8 Å². The predicted molar refractivity (Wildman–Crippen MR) is 145 cm³/mol. The summed E-state index contributed by atoms with van der Waals surface area (Å²) in [7, 11) is 2.15. The summed E-state index contributed by atoms with van der Waals surface area (Å²) in [6.07, 6.45) is 2.19. The van der Waals surface area contributed by atoms with E-state index in [1.807, 2.05) is 11.3 Å². The molecule has 0 aliphatic carbocycles. The van der Waals surface area contributed by atoms with Crippen molar-refractivity contribution < 1.29 is 4.57 Å². The van der Waals surface area contributed by atoms with Crippen molar-refractivity contribution in [3.63, 3.8) is 0 Å². The Kier molecular flexibility index (Phi) is 4.18. The van der Waals surface area contributed by atoms with E-state index in [0.29, 0.717) is 0 Å². The van der Waals surface area contributed by atoms with Crippen molar-refractivity contribution in [2.24, 2.45) is 7.05 Å². The molecule has 0 atom stereocenters. The molecule has 162 valence electrons. The van der Waals surface area contributed by atoms with Gasteiger partial charge in [-0.15, -0.1) is 11.3 Å². The summed E-state index contributed by atoms with van der Waals surface area (Å²) >= 11 is 1.89. The summed E-state index contributed by atoms with van der Waals surface area (Å²) in [5, 5.41) is 5.24. The average Bonchev–Trinajstić information content (AvgIpc) is 3.41. The van der Waals surface area contributed by atoms with Crippen molar-refractivity contribution in [2.75, 3.05) is 0 Å². The topological polar surface area (TPSA) is 8.81 Å². The van der Waals surface area contributed by atoms with Crippen LogP contribution in [0.25, 0.3) is 58.9 Å². The Morgan fingerprint density at radius 1 is 0.676 bits per heavy atom. The van der Waals surface area contributed by atoms with Crippen molar-refractivity contribution >= 4 is 53.3 Å². The number of fused-ring (bicyclic) bond motifs is 6. The Balaban J connectivity index is 1.64. The van der Waals surface area contributed by atoms with Gasteiger partial charge in [0.1, 0.15) is 7.05 Å². The van der Waals surface area contributed by atoms with Crippen LogP contribution in [0, 0.1) is 6.92 Å². The third-order valence-electron chi connectivity index (χ3n) is 6.98. The SMILES string of the molecule is Cc1ccccc1-c1c2c(cc[n+]1C)sc1c(-n3c4ccccc4c4ccccc43)cccc12. The largest absolute Gasteiger partial charge is 0.308 e. The lowest BCUT2D eigenvalue weighted by atomic mass is 10.0. The molecule has 7 rings (SSSR count). The van der Waals surface area contributed by atoms with Crippen LogP contribution in [-0.4, -0.2) is 4.57 Å².